The quantitative estimate of drug-likeness (QED) is 0.684. The number of nitrogens with zero attached hydrogens (tertiary/aromatic N) is 2. The number of rotatable bonds is 6. The van der Waals surface area contributed by atoms with Crippen LogP contribution in [0.5, 0.6) is 0 Å². The molecule has 28 heavy (non-hydrogen) atoms. The molecule has 0 radical (unpaired) electrons. The van der Waals surface area contributed by atoms with E-state index in [1.807, 2.05) is 6.92 Å². The van der Waals surface area contributed by atoms with Crippen molar-refractivity contribution in [2.75, 3.05) is 6.26 Å². The highest BCUT2D eigenvalue weighted by Gasteiger charge is 2.15. The average Bonchev–Trinajstić information content (AvgIpc) is 2.68. The summed E-state index contributed by atoms with van der Waals surface area (Å²) in [4.78, 5) is 29.4. The lowest BCUT2D eigenvalue weighted by atomic mass is 10.0. The number of benzene rings is 2. The molecule has 0 aliphatic carbocycles. The summed E-state index contributed by atoms with van der Waals surface area (Å²) in [6.45, 7) is 1.77. The molecule has 0 saturated heterocycles. The van der Waals surface area contributed by atoms with E-state index < -0.39 is 9.84 Å². The van der Waals surface area contributed by atoms with Crippen LogP contribution < -0.4 is 10.9 Å². The zero-order chi connectivity index (χ0) is 20.3. The summed E-state index contributed by atoms with van der Waals surface area (Å²) in [5.41, 5.74) is 1.11. The molecule has 0 spiro atoms. The SMILES string of the molecule is CCC(NC(=O)Cn1cnc2ccccc2c1=O)c1ccc(S(C)(=O)=O)cc1. The minimum absolute atomic E-state index is 0.144. The molecular weight excluding hydrogens is 378 g/mol. The van der Waals surface area contributed by atoms with Gasteiger partial charge in [0, 0.05) is 6.26 Å². The molecule has 1 unspecified atom stereocenters. The Morgan fingerprint density at radius 2 is 1.82 bits per heavy atom. The summed E-state index contributed by atoms with van der Waals surface area (Å²) in [7, 11) is -3.27. The number of nitrogens with one attached hydrogen (secondary N) is 1. The van der Waals surface area contributed by atoms with E-state index in [1.54, 1.807) is 36.4 Å². The number of amides is 1. The second-order valence-electron chi connectivity index (χ2n) is 6.56. The zero-order valence-electron chi connectivity index (χ0n) is 15.6. The smallest absolute Gasteiger partial charge is 0.261 e. The highest BCUT2D eigenvalue weighted by atomic mass is 32.2. The molecule has 1 aromatic heterocycles. The third kappa shape index (κ3) is 4.28. The van der Waals surface area contributed by atoms with Gasteiger partial charge in [-0.25, -0.2) is 13.4 Å². The van der Waals surface area contributed by atoms with Gasteiger partial charge in [-0.3, -0.25) is 14.2 Å². The van der Waals surface area contributed by atoms with Gasteiger partial charge in [0.05, 0.1) is 28.2 Å². The maximum atomic E-state index is 12.5. The van der Waals surface area contributed by atoms with Crippen molar-refractivity contribution in [3.05, 3.63) is 70.8 Å². The summed E-state index contributed by atoms with van der Waals surface area (Å²) in [5.74, 6) is -0.321. The van der Waals surface area contributed by atoms with Crippen LogP contribution in [-0.2, 0) is 21.2 Å². The monoisotopic (exact) mass is 399 g/mol. The fraction of sp³-hybridized carbons (Fsp3) is 0.250. The number of fused-ring (bicyclic) bond motifs is 1. The van der Waals surface area contributed by atoms with Crippen LogP contribution in [0.4, 0.5) is 0 Å². The second kappa shape index (κ2) is 7.93. The molecule has 7 nitrogen and oxygen atoms in total. The van der Waals surface area contributed by atoms with Crippen molar-refractivity contribution in [1.29, 1.82) is 0 Å². The molecule has 8 heteroatoms. The van der Waals surface area contributed by atoms with Gasteiger partial charge < -0.3 is 5.32 Å². The van der Waals surface area contributed by atoms with Crippen molar-refractivity contribution < 1.29 is 13.2 Å². The van der Waals surface area contributed by atoms with E-state index in [0.29, 0.717) is 17.3 Å². The Morgan fingerprint density at radius 1 is 1.14 bits per heavy atom. The van der Waals surface area contributed by atoms with E-state index in [9.17, 15) is 18.0 Å². The number of sulfone groups is 1. The van der Waals surface area contributed by atoms with Crippen molar-refractivity contribution in [1.82, 2.24) is 14.9 Å². The number of hydrogen-bond acceptors (Lipinski definition) is 5. The van der Waals surface area contributed by atoms with Crippen LogP contribution in [0.2, 0.25) is 0 Å². The Kier molecular flexibility index (Phi) is 5.60. The molecule has 0 aliphatic heterocycles. The predicted octanol–water partition coefficient (Wildman–Crippen LogP) is 2.07. The molecule has 1 atom stereocenters. The first-order chi connectivity index (χ1) is 13.3. The van der Waals surface area contributed by atoms with Crippen molar-refractivity contribution in [3.8, 4) is 0 Å². The number of aromatic nitrogens is 2. The summed E-state index contributed by atoms with van der Waals surface area (Å²) >= 11 is 0. The Morgan fingerprint density at radius 3 is 2.46 bits per heavy atom. The first-order valence-electron chi connectivity index (χ1n) is 8.83. The Hall–Kier alpha value is -3.00. The molecule has 0 saturated carbocycles. The number of carbonyl (C=O) groups is 1. The topological polar surface area (TPSA) is 98.1 Å². The standard InChI is InChI=1S/C20H21N3O4S/c1-3-17(14-8-10-15(11-9-14)28(2,26)27)22-19(24)12-23-13-21-18-7-5-4-6-16(18)20(23)25/h4-11,13,17H,3,12H2,1-2H3,(H,22,24). The van der Waals surface area contributed by atoms with Crippen LogP contribution in [0.15, 0.2) is 64.5 Å². The van der Waals surface area contributed by atoms with Gasteiger partial charge in [-0.15, -0.1) is 0 Å². The normalized spacial score (nSPS) is 12.6. The zero-order valence-corrected chi connectivity index (χ0v) is 16.4. The van der Waals surface area contributed by atoms with Gasteiger partial charge >= 0.3 is 0 Å². The summed E-state index contributed by atoms with van der Waals surface area (Å²) in [6, 6.07) is 13.1. The lowest BCUT2D eigenvalue weighted by Crippen LogP contribution is -2.34. The van der Waals surface area contributed by atoms with E-state index in [0.717, 1.165) is 11.8 Å². The first-order valence-corrected chi connectivity index (χ1v) is 10.7. The summed E-state index contributed by atoms with van der Waals surface area (Å²) in [6.07, 6.45) is 3.14. The molecule has 2 aromatic carbocycles. The van der Waals surface area contributed by atoms with Crippen LogP contribution >= 0.6 is 0 Å². The third-order valence-electron chi connectivity index (χ3n) is 4.50. The molecule has 1 N–H and O–H groups in total. The number of carbonyl (C=O) groups excluding carboxylic acids is 1. The minimum atomic E-state index is -3.27. The molecule has 0 fully saturated rings. The van der Waals surface area contributed by atoms with Crippen molar-refractivity contribution in [3.63, 3.8) is 0 Å². The highest BCUT2D eigenvalue weighted by molar-refractivity contribution is 7.90. The molecule has 3 aromatic rings. The van der Waals surface area contributed by atoms with Crippen molar-refractivity contribution in [2.24, 2.45) is 0 Å². The van der Waals surface area contributed by atoms with E-state index in [2.05, 4.69) is 10.3 Å². The van der Waals surface area contributed by atoms with Crippen LogP contribution in [-0.4, -0.2) is 30.1 Å². The summed E-state index contributed by atoms with van der Waals surface area (Å²) < 4.78 is 24.4. The molecule has 0 aliphatic rings. The predicted molar refractivity (Wildman–Crippen MR) is 107 cm³/mol. The van der Waals surface area contributed by atoms with Crippen molar-refractivity contribution >= 4 is 26.6 Å². The Labute approximate surface area is 163 Å². The molecular formula is C20H21N3O4S. The maximum Gasteiger partial charge on any atom is 0.261 e. The fourth-order valence-electron chi connectivity index (χ4n) is 2.98. The van der Waals surface area contributed by atoms with Crippen molar-refractivity contribution in [2.45, 2.75) is 30.8 Å². The average molecular weight is 399 g/mol. The van der Waals surface area contributed by atoms with Gasteiger partial charge in [0.15, 0.2) is 9.84 Å². The molecule has 1 amide bonds. The Bertz CT molecular complexity index is 1170. The molecule has 1 heterocycles. The summed E-state index contributed by atoms with van der Waals surface area (Å²) in [5, 5.41) is 3.35. The highest BCUT2D eigenvalue weighted by Crippen LogP contribution is 2.19. The van der Waals surface area contributed by atoms with Gasteiger partial charge in [0.1, 0.15) is 6.54 Å². The third-order valence-corrected chi connectivity index (χ3v) is 5.63. The fourth-order valence-corrected chi connectivity index (χ4v) is 3.61. The minimum Gasteiger partial charge on any atom is -0.348 e. The Balaban J connectivity index is 1.76. The van der Waals surface area contributed by atoms with Gasteiger partial charge in [-0.2, -0.15) is 0 Å². The maximum absolute atomic E-state index is 12.5. The van der Waals surface area contributed by atoms with Gasteiger partial charge in [0.25, 0.3) is 5.56 Å². The van der Waals surface area contributed by atoms with Gasteiger partial charge in [-0.1, -0.05) is 31.2 Å². The van der Waals surface area contributed by atoms with E-state index >= 15 is 0 Å². The first kappa shape index (κ1) is 19.8. The number of hydrogen-bond donors (Lipinski definition) is 1. The van der Waals surface area contributed by atoms with E-state index in [1.165, 1.54) is 23.0 Å². The molecule has 3 rings (SSSR count). The molecule has 146 valence electrons. The van der Waals surface area contributed by atoms with E-state index in [4.69, 9.17) is 0 Å². The lowest BCUT2D eigenvalue weighted by molar-refractivity contribution is -0.122. The second-order valence-corrected chi connectivity index (χ2v) is 8.58. The van der Waals surface area contributed by atoms with Crippen LogP contribution in [0.1, 0.15) is 24.9 Å². The van der Waals surface area contributed by atoms with Crippen LogP contribution in [0, 0.1) is 0 Å². The van der Waals surface area contributed by atoms with Gasteiger partial charge in [0.2, 0.25) is 5.91 Å². The number of para-hydroxylation sites is 1. The van der Waals surface area contributed by atoms with Gasteiger partial charge in [-0.05, 0) is 36.2 Å². The van der Waals surface area contributed by atoms with Crippen LogP contribution in [0.3, 0.4) is 0 Å². The molecule has 0 bridgehead atoms. The largest absolute Gasteiger partial charge is 0.348 e. The van der Waals surface area contributed by atoms with E-state index in [-0.39, 0.29) is 28.9 Å². The van der Waals surface area contributed by atoms with Crippen LogP contribution in [0.25, 0.3) is 10.9 Å². The lowest BCUT2D eigenvalue weighted by Gasteiger charge is -2.18.